The maximum atomic E-state index is 12.5. The standard InChI is InChI=1S/C23H28N2O8/c1-14(26)33-13-18(25-28)23(27)24-17-10-15(8-9-19(17)29-2)6-7-16-11-20(30-3)22(32-5)21(12-16)31-4/h6-12,18,25,28H,13H2,1-5H3,(H,24,27)/b7-6-. The van der Waals surface area contributed by atoms with Gasteiger partial charge >= 0.3 is 5.97 Å². The largest absolute Gasteiger partial charge is 0.495 e. The fourth-order valence-corrected chi connectivity index (χ4v) is 2.91. The molecule has 0 saturated heterocycles. The van der Waals surface area contributed by atoms with Crippen LogP contribution >= 0.6 is 0 Å². The SMILES string of the molecule is COc1ccc(/C=C\c2cc(OC)c(OC)c(OC)c2)cc1NC(=O)C(COC(C)=O)NO. The van der Waals surface area contributed by atoms with Crippen LogP contribution in [0.3, 0.4) is 0 Å². The van der Waals surface area contributed by atoms with Gasteiger partial charge in [0.25, 0.3) is 0 Å². The lowest BCUT2D eigenvalue weighted by Crippen LogP contribution is -2.42. The van der Waals surface area contributed by atoms with Crippen LogP contribution in [0.4, 0.5) is 5.69 Å². The van der Waals surface area contributed by atoms with Gasteiger partial charge in [0.2, 0.25) is 11.7 Å². The van der Waals surface area contributed by atoms with Gasteiger partial charge in [-0.25, -0.2) is 0 Å². The predicted molar refractivity (Wildman–Crippen MR) is 122 cm³/mol. The molecule has 10 heteroatoms. The summed E-state index contributed by atoms with van der Waals surface area (Å²) in [5.74, 6) is 0.774. The molecule has 0 spiro atoms. The van der Waals surface area contributed by atoms with Gasteiger partial charge in [0.1, 0.15) is 18.4 Å². The van der Waals surface area contributed by atoms with Crippen LogP contribution in [0.1, 0.15) is 18.1 Å². The fourth-order valence-electron chi connectivity index (χ4n) is 2.91. The average molecular weight is 460 g/mol. The molecule has 1 atom stereocenters. The summed E-state index contributed by atoms with van der Waals surface area (Å²) < 4.78 is 26.2. The first-order chi connectivity index (χ1) is 15.9. The van der Waals surface area contributed by atoms with Crippen molar-refractivity contribution in [3.8, 4) is 23.0 Å². The molecule has 0 bridgehead atoms. The number of anilines is 1. The molecule has 0 heterocycles. The van der Waals surface area contributed by atoms with Gasteiger partial charge < -0.3 is 34.2 Å². The van der Waals surface area contributed by atoms with Crippen molar-refractivity contribution in [1.82, 2.24) is 5.48 Å². The van der Waals surface area contributed by atoms with E-state index < -0.39 is 17.9 Å². The number of hydrogen-bond donors (Lipinski definition) is 3. The van der Waals surface area contributed by atoms with E-state index in [2.05, 4.69) is 5.32 Å². The molecule has 0 aromatic heterocycles. The molecule has 0 aliphatic rings. The van der Waals surface area contributed by atoms with E-state index in [9.17, 15) is 14.8 Å². The van der Waals surface area contributed by atoms with Gasteiger partial charge in [-0.15, -0.1) is 0 Å². The highest BCUT2D eigenvalue weighted by Crippen LogP contribution is 2.38. The first-order valence-electron chi connectivity index (χ1n) is 9.86. The summed E-state index contributed by atoms with van der Waals surface area (Å²) in [5, 5.41) is 11.9. The van der Waals surface area contributed by atoms with Gasteiger partial charge in [-0.2, -0.15) is 5.48 Å². The van der Waals surface area contributed by atoms with Crippen molar-refractivity contribution in [3.63, 3.8) is 0 Å². The number of benzene rings is 2. The second-order valence-corrected chi connectivity index (χ2v) is 6.73. The van der Waals surface area contributed by atoms with Crippen molar-refractivity contribution in [3.05, 3.63) is 41.5 Å². The lowest BCUT2D eigenvalue weighted by Gasteiger charge is -2.16. The number of nitrogens with one attached hydrogen (secondary N) is 2. The van der Waals surface area contributed by atoms with Crippen LogP contribution in [0.5, 0.6) is 23.0 Å². The van der Waals surface area contributed by atoms with Crippen molar-refractivity contribution in [2.24, 2.45) is 0 Å². The smallest absolute Gasteiger partial charge is 0.302 e. The minimum Gasteiger partial charge on any atom is -0.495 e. The van der Waals surface area contributed by atoms with Gasteiger partial charge in [0, 0.05) is 6.92 Å². The zero-order chi connectivity index (χ0) is 24.4. The van der Waals surface area contributed by atoms with E-state index in [1.807, 2.05) is 23.7 Å². The number of carbonyl (C=O) groups excluding carboxylic acids is 2. The minimum atomic E-state index is -1.16. The molecule has 178 valence electrons. The Kier molecular flexibility index (Phi) is 9.52. The Hall–Kier alpha value is -3.76. The van der Waals surface area contributed by atoms with Crippen LogP contribution in [-0.2, 0) is 14.3 Å². The van der Waals surface area contributed by atoms with Crippen molar-refractivity contribution in [2.45, 2.75) is 13.0 Å². The lowest BCUT2D eigenvalue weighted by atomic mass is 10.1. The number of rotatable bonds is 11. The zero-order valence-corrected chi connectivity index (χ0v) is 19.1. The molecular weight excluding hydrogens is 432 g/mol. The van der Waals surface area contributed by atoms with Crippen LogP contribution in [0.25, 0.3) is 12.2 Å². The molecule has 0 saturated carbocycles. The Labute approximate surface area is 192 Å². The Morgan fingerprint density at radius 2 is 1.52 bits per heavy atom. The molecular formula is C23H28N2O8. The third kappa shape index (κ3) is 6.86. The second-order valence-electron chi connectivity index (χ2n) is 6.73. The van der Waals surface area contributed by atoms with Crippen LogP contribution in [0.15, 0.2) is 30.3 Å². The molecule has 33 heavy (non-hydrogen) atoms. The molecule has 0 radical (unpaired) electrons. The van der Waals surface area contributed by atoms with Gasteiger partial charge in [-0.1, -0.05) is 18.2 Å². The Bertz CT molecular complexity index is 981. The third-order valence-electron chi connectivity index (χ3n) is 4.56. The quantitative estimate of drug-likeness (QED) is 0.264. The van der Waals surface area contributed by atoms with E-state index in [1.165, 1.54) is 21.1 Å². The summed E-state index contributed by atoms with van der Waals surface area (Å²) in [7, 11) is 6.08. The van der Waals surface area contributed by atoms with Gasteiger partial charge in [-0.05, 0) is 35.4 Å². The third-order valence-corrected chi connectivity index (χ3v) is 4.56. The number of amides is 1. The van der Waals surface area contributed by atoms with Crippen molar-refractivity contribution in [2.75, 3.05) is 40.4 Å². The Morgan fingerprint density at radius 1 is 0.909 bits per heavy atom. The van der Waals surface area contributed by atoms with E-state index in [1.54, 1.807) is 38.5 Å². The van der Waals surface area contributed by atoms with Crippen LogP contribution in [-0.4, -0.2) is 58.2 Å². The molecule has 10 nitrogen and oxygen atoms in total. The highest BCUT2D eigenvalue weighted by Gasteiger charge is 2.20. The monoisotopic (exact) mass is 460 g/mol. The molecule has 0 aliphatic heterocycles. The van der Waals surface area contributed by atoms with Crippen molar-refractivity contribution >= 4 is 29.7 Å². The summed E-state index contributed by atoms with van der Waals surface area (Å²) in [4.78, 5) is 23.5. The lowest BCUT2D eigenvalue weighted by molar-refractivity contribution is -0.143. The maximum Gasteiger partial charge on any atom is 0.302 e. The molecule has 2 rings (SSSR count). The number of hydrogen-bond acceptors (Lipinski definition) is 9. The molecule has 2 aromatic carbocycles. The van der Waals surface area contributed by atoms with E-state index in [-0.39, 0.29) is 6.61 Å². The first kappa shape index (κ1) is 25.5. The molecule has 0 fully saturated rings. The van der Waals surface area contributed by atoms with Crippen LogP contribution in [0, 0.1) is 0 Å². The van der Waals surface area contributed by atoms with Gasteiger partial charge in [-0.3, -0.25) is 9.59 Å². The van der Waals surface area contributed by atoms with E-state index in [4.69, 9.17) is 23.7 Å². The van der Waals surface area contributed by atoms with Crippen LogP contribution < -0.4 is 29.7 Å². The van der Waals surface area contributed by atoms with Gasteiger partial charge in [0.05, 0.1) is 34.1 Å². The minimum absolute atomic E-state index is 0.333. The summed E-state index contributed by atoms with van der Waals surface area (Å²) in [5.41, 5.74) is 3.76. The Balaban J connectivity index is 2.28. The molecule has 0 aliphatic carbocycles. The van der Waals surface area contributed by atoms with Gasteiger partial charge in [0.15, 0.2) is 11.5 Å². The summed E-state index contributed by atoms with van der Waals surface area (Å²) in [6.45, 7) is 0.875. The van der Waals surface area contributed by atoms with E-state index >= 15 is 0 Å². The normalized spacial score (nSPS) is 11.6. The first-order valence-corrected chi connectivity index (χ1v) is 9.86. The predicted octanol–water partition coefficient (Wildman–Crippen LogP) is 2.74. The summed E-state index contributed by atoms with van der Waals surface area (Å²) in [6.07, 6.45) is 3.67. The zero-order valence-electron chi connectivity index (χ0n) is 19.1. The summed E-state index contributed by atoms with van der Waals surface area (Å²) in [6, 6.07) is 7.65. The number of ether oxygens (including phenoxy) is 5. The highest BCUT2D eigenvalue weighted by atomic mass is 16.5. The molecule has 3 N–H and O–H groups in total. The summed E-state index contributed by atoms with van der Waals surface area (Å²) >= 11 is 0. The average Bonchev–Trinajstić information content (AvgIpc) is 2.82. The number of methoxy groups -OCH3 is 4. The van der Waals surface area contributed by atoms with E-state index in [0.717, 1.165) is 11.1 Å². The highest BCUT2D eigenvalue weighted by molar-refractivity contribution is 5.96. The number of hydroxylamine groups is 1. The maximum absolute atomic E-state index is 12.5. The molecule has 2 aromatic rings. The molecule has 1 amide bonds. The van der Waals surface area contributed by atoms with Crippen molar-refractivity contribution in [1.29, 1.82) is 0 Å². The Morgan fingerprint density at radius 3 is 2.03 bits per heavy atom. The van der Waals surface area contributed by atoms with Crippen molar-refractivity contribution < 1.29 is 38.5 Å². The van der Waals surface area contributed by atoms with E-state index in [0.29, 0.717) is 28.7 Å². The second kappa shape index (κ2) is 12.3. The number of carbonyl (C=O) groups is 2. The van der Waals surface area contributed by atoms with Crippen LogP contribution in [0.2, 0.25) is 0 Å². The molecule has 1 unspecified atom stereocenters. The number of esters is 1. The topological polar surface area (TPSA) is 125 Å². The fraction of sp³-hybridized carbons (Fsp3) is 0.304.